The van der Waals surface area contributed by atoms with Crippen LogP contribution in [0.25, 0.3) is 6.08 Å². The standard InChI is InChI=1S/C22H27ClN6O2/c1-4-16-20(28-13-22(2,23)8-7-19(28)27-16)21(30)25-12-15-5-6-17(18(11-15)31-3)29-10-9-24-14-26-29/h5-8,11,14H,4,9-10,12-13H2,1-3H3,(H,24,26)(H,25,30). The van der Waals surface area contributed by atoms with Gasteiger partial charge in [0.2, 0.25) is 0 Å². The molecule has 1 aromatic heterocycles. The summed E-state index contributed by atoms with van der Waals surface area (Å²) >= 11 is 6.52. The summed E-state index contributed by atoms with van der Waals surface area (Å²) in [6.07, 6.45) is 6.16. The van der Waals surface area contributed by atoms with E-state index in [2.05, 4.69) is 20.7 Å². The predicted molar refractivity (Wildman–Crippen MR) is 123 cm³/mol. The van der Waals surface area contributed by atoms with Crippen LogP contribution in [-0.2, 0) is 19.5 Å². The van der Waals surface area contributed by atoms with Gasteiger partial charge in [-0.1, -0.05) is 19.1 Å². The highest BCUT2D eigenvalue weighted by Crippen LogP contribution is 2.30. The normalized spacial score (nSPS) is 19.7. The van der Waals surface area contributed by atoms with Gasteiger partial charge in [-0.05, 0) is 37.1 Å². The van der Waals surface area contributed by atoms with E-state index < -0.39 is 4.87 Å². The number of hydrogen-bond acceptors (Lipinski definition) is 6. The van der Waals surface area contributed by atoms with Crippen molar-refractivity contribution in [1.82, 2.24) is 20.3 Å². The fourth-order valence-electron chi connectivity index (χ4n) is 3.83. The molecular formula is C22H27ClN6O2. The van der Waals surface area contributed by atoms with Crippen LogP contribution in [0.1, 0.15) is 41.4 Å². The monoisotopic (exact) mass is 442 g/mol. The van der Waals surface area contributed by atoms with Crippen LogP contribution in [0.2, 0.25) is 0 Å². The quantitative estimate of drug-likeness (QED) is 0.672. The number of aromatic nitrogens is 2. The van der Waals surface area contributed by atoms with Crippen molar-refractivity contribution in [2.75, 3.05) is 25.2 Å². The molecule has 0 fully saturated rings. The van der Waals surface area contributed by atoms with Crippen LogP contribution in [0.3, 0.4) is 0 Å². The van der Waals surface area contributed by atoms with Gasteiger partial charge in [-0.3, -0.25) is 20.2 Å². The first kappa shape index (κ1) is 21.2. The average molecular weight is 443 g/mol. The van der Waals surface area contributed by atoms with E-state index in [9.17, 15) is 4.79 Å². The van der Waals surface area contributed by atoms with E-state index in [1.165, 1.54) is 0 Å². The lowest BCUT2D eigenvalue weighted by Gasteiger charge is -2.27. The fourth-order valence-corrected chi connectivity index (χ4v) is 4.01. The predicted octanol–water partition coefficient (Wildman–Crippen LogP) is 2.76. The summed E-state index contributed by atoms with van der Waals surface area (Å²) in [5.41, 5.74) is 6.33. The summed E-state index contributed by atoms with van der Waals surface area (Å²) in [6.45, 7) is 6.28. The summed E-state index contributed by atoms with van der Waals surface area (Å²) < 4.78 is 7.49. The number of amides is 1. The van der Waals surface area contributed by atoms with Gasteiger partial charge < -0.3 is 14.6 Å². The third kappa shape index (κ3) is 4.39. The maximum atomic E-state index is 13.1. The number of fused-ring (bicyclic) bond motifs is 1. The number of halogens is 1. The number of carbonyl (C=O) groups excluding carboxylic acids is 1. The number of alkyl halides is 1. The van der Waals surface area contributed by atoms with Gasteiger partial charge in [0.25, 0.3) is 5.91 Å². The number of ether oxygens (including phenoxy) is 1. The van der Waals surface area contributed by atoms with E-state index >= 15 is 0 Å². The largest absolute Gasteiger partial charge is 0.495 e. The minimum atomic E-state index is -0.538. The van der Waals surface area contributed by atoms with Gasteiger partial charge in [0.1, 0.15) is 23.6 Å². The zero-order chi connectivity index (χ0) is 22.0. The molecule has 31 heavy (non-hydrogen) atoms. The molecule has 164 valence electrons. The van der Waals surface area contributed by atoms with E-state index in [0.717, 1.165) is 41.6 Å². The molecule has 4 rings (SSSR count). The minimum absolute atomic E-state index is 0.157. The van der Waals surface area contributed by atoms with Crippen LogP contribution in [0, 0.1) is 0 Å². The molecule has 2 aliphatic rings. The number of allylic oxidation sites excluding steroid dienone is 1. The number of hydrazine groups is 1. The number of methoxy groups -OCH3 is 1. The van der Waals surface area contributed by atoms with E-state index in [1.54, 1.807) is 13.4 Å². The Morgan fingerprint density at radius 2 is 2.26 bits per heavy atom. The second kappa shape index (κ2) is 8.63. The topological polar surface area (TPSA) is 83.8 Å². The number of imidazole rings is 1. The van der Waals surface area contributed by atoms with E-state index in [-0.39, 0.29) is 5.91 Å². The zero-order valence-electron chi connectivity index (χ0n) is 18.0. The molecule has 1 aromatic carbocycles. The van der Waals surface area contributed by atoms with E-state index in [0.29, 0.717) is 25.2 Å². The molecule has 0 saturated carbocycles. The molecule has 2 N–H and O–H groups in total. The van der Waals surface area contributed by atoms with Gasteiger partial charge in [-0.2, -0.15) is 0 Å². The van der Waals surface area contributed by atoms with Crippen LogP contribution in [0.5, 0.6) is 5.75 Å². The highest BCUT2D eigenvalue weighted by Gasteiger charge is 2.29. The van der Waals surface area contributed by atoms with Gasteiger partial charge in [-0.25, -0.2) is 4.98 Å². The number of rotatable bonds is 6. The van der Waals surface area contributed by atoms with Gasteiger partial charge in [0.15, 0.2) is 0 Å². The molecule has 0 aliphatic carbocycles. The van der Waals surface area contributed by atoms with Crippen molar-refractivity contribution in [2.24, 2.45) is 4.99 Å². The van der Waals surface area contributed by atoms with E-state index in [4.69, 9.17) is 16.3 Å². The second-order valence-corrected chi connectivity index (χ2v) is 8.68. The number of nitrogens with one attached hydrogen (secondary N) is 2. The van der Waals surface area contributed by atoms with Crippen molar-refractivity contribution in [1.29, 1.82) is 0 Å². The Balaban J connectivity index is 1.51. The number of aryl methyl sites for hydroxylation is 1. The van der Waals surface area contributed by atoms with Crippen LogP contribution in [-0.4, -0.2) is 46.9 Å². The Morgan fingerprint density at radius 1 is 1.42 bits per heavy atom. The van der Waals surface area contributed by atoms with Crippen LogP contribution >= 0.6 is 11.6 Å². The van der Waals surface area contributed by atoms with Crippen molar-refractivity contribution < 1.29 is 9.53 Å². The van der Waals surface area contributed by atoms with Gasteiger partial charge in [0.05, 0.1) is 36.5 Å². The van der Waals surface area contributed by atoms with Gasteiger partial charge in [-0.15, -0.1) is 11.6 Å². The number of benzene rings is 1. The lowest BCUT2D eigenvalue weighted by molar-refractivity contribution is 0.0940. The molecule has 2 aliphatic heterocycles. The Labute approximate surface area is 186 Å². The van der Waals surface area contributed by atoms with Crippen LogP contribution in [0.4, 0.5) is 5.69 Å². The highest BCUT2D eigenvalue weighted by molar-refractivity contribution is 6.25. The summed E-state index contributed by atoms with van der Waals surface area (Å²) in [7, 11) is 1.64. The summed E-state index contributed by atoms with van der Waals surface area (Å²) in [6, 6.07) is 5.90. The molecule has 0 bridgehead atoms. The first-order chi connectivity index (χ1) is 14.9. The van der Waals surface area contributed by atoms with Crippen molar-refractivity contribution in [3.05, 3.63) is 47.1 Å². The maximum Gasteiger partial charge on any atom is 0.270 e. The Morgan fingerprint density at radius 3 is 2.97 bits per heavy atom. The lowest BCUT2D eigenvalue weighted by Crippen LogP contribution is -2.42. The Kier molecular flexibility index (Phi) is 5.91. The fraction of sp³-hybridized carbons (Fsp3) is 0.409. The molecule has 1 unspecified atom stereocenters. The molecule has 2 aromatic rings. The van der Waals surface area contributed by atoms with Crippen LogP contribution in [0.15, 0.2) is 29.3 Å². The van der Waals surface area contributed by atoms with E-state index in [1.807, 2.05) is 53.8 Å². The van der Waals surface area contributed by atoms with Gasteiger partial charge in [0, 0.05) is 13.1 Å². The SMILES string of the molecule is CCc1nc2n(c1C(=O)NCc1ccc(N3CCN=CN3)c(OC)c1)CC(C)(Cl)C=C2. The maximum absolute atomic E-state index is 13.1. The number of hydrogen-bond donors (Lipinski definition) is 2. The van der Waals surface area contributed by atoms with Crippen molar-refractivity contribution in [3.63, 3.8) is 0 Å². The Hall–Kier alpha value is -3.00. The first-order valence-electron chi connectivity index (χ1n) is 10.4. The van der Waals surface area contributed by atoms with Crippen molar-refractivity contribution in [3.8, 4) is 5.75 Å². The highest BCUT2D eigenvalue weighted by atomic mass is 35.5. The average Bonchev–Trinajstić information content (AvgIpc) is 3.14. The molecular weight excluding hydrogens is 416 g/mol. The molecule has 0 spiro atoms. The molecule has 1 amide bonds. The molecule has 0 saturated heterocycles. The van der Waals surface area contributed by atoms with Crippen LogP contribution < -0.4 is 20.5 Å². The Bertz CT molecular complexity index is 1040. The molecule has 0 radical (unpaired) electrons. The summed E-state index contributed by atoms with van der Waals surface area (Å²) in [4.78, 5) is 21.4. The van der Waals surface area contributed by atoms with Gasteiger partial charge >= 0.3 is 0 Å². The molecule has 8 nitrogen and oxygen atoms in total. The molecule has 3 heterocycles. The summed E-state index contributed by atoms with van der Waals surface area (Å²) in [5, 5.41) is 5.01. The zero-order valence-corrected chi connectivity index (χ0v) is 18.7. The number of anilines is 1. The third-order valence-electron chi connectivity index (χ3n) is 5.41. The first-order valence-corrected chi connectivity index (χ1v) is 10.7. The third-order valence-corrected chi connectivity index (χ3v) is 5.66. The molecule has 9 heteroatoms. The number of aliphatic imine (C=N–C) groups is 1. The smallest absolute Gasteiger partial charge is 0.270 e. The number of carbonyl (C=O) groups is 1. The lowest BCUT2D eigenvalue weighted by atomic mass is 10.1. The summed E-state index contributed by atoms with van der Waals surface area (Å²) in [5.74, 6) is 1.34. The van der Waals surface area contributed by atoms with Crippen molar-refractivity contribution in [2.45, 2.75) is 38.2 Å². The molecule has 1 atom stereocenters. The minimum Gasteiger partial charge on any atom is -0.495 e. The van der Waals surface area contributed by atoms with Crippen molar-refractivity contribution >= 4 is 35.6 Å². The number of nitrogens with zero attached hydrogens (tertiary/aromatic N) is 4. The second-order valence-electron chi connectivity index (χ2n) is 7.82.